The van der Waals surface area contributed by atoms with Crippen molar-refractivity contribution >= 4 is 16.7 Å². The molecule has 1 fully saturated rings. The van der Waals surface area contributed by atoms with Crippen molar-refractivity contribution in [3.63, 3.8) is 0 Å². The van der Waals surface area contributed by atoms with E-state index in [0.29, 0.717) is 5.88 Å². The Hall–Kier alpha value is -2.17. The molecule has 0 N–H and O–H groups in total. The maximum Gasteiger partial charge on any atom is 0.261 e. The van der Waals surface area contributed by atoms with Gasteiger partial charge in [-0.15, -0.1) is 5.10 Å². The van der Waals surface area contributed by atoms with Gasteiger partial charge < -0.3 is 9.64 Å². The Morgan fingerprint density at radius 1 is 1.27 bits per heavy atom. The number of ether oxygens (including phenoxy) is 1. The van der Waals surface area contributed by atoms with Gasteiger partial charge in [0.2, 0.25) is 5.88 Å². The largest absolute Gasteiger partial charge is 0.466 e. The number of fused-ring (bicyclic) bond motifs is 1. The Labute approximate surface area is 130 Å². The number of carbonyl (C=O) groups excluding carboxylic acids is 1. The Balaban J connectivity index is 1.72. The van der Waals surface area contributed by atoms with Crippen LogP contribution in [-0.4, -0.2) is 39.7 Å². The van der Waals surface area contributed by atoms with Crippen molar-refractivity contribution in [2.24, 2.45) is 0 Å². The number of hydrogen-bond acceptors (Lipinski definition) is 4. The van der Waals surface area contributed by atoms with Crippen LogP contribution in [0, 0.1) is 0 Å². The first kappa shape index (κ1) is 14.8. The lowest BCUT2D eigenvalue weighted by Gasteiger charge is -2.38. The number of nitrogens with zero attached hydrogens (tertiary/aromatic N) is 3. The normalized spacial score (nSPS) is 21.8. The monoisotopic (exact) mass is 299 g/mol. The molecule has 2 heterocycles. The molecule has 116 valence electrons. The van der Waals surface area contributed by atoms with Crippen LogP contribution in [0.25, 0.3) is 10.8 Å². The summed E-state index contributed by atoms with van der Waals surface area (Å²) < 4.78 is 5.67. The second kappa shape index (κ2) is 6.30. The number of rotatable bonds is 3. The van der Waals surface area contributed by atoms with Crippen LogP contribution in [0.4, 0.5) is 0 Å². The van der Waals surface area contributed by atoms with Gasteiger partial charge in [-0.2, -0.15) is 5.10 Å². The van der Waals surface area contributed by atoms with Crippen molar-refractivity contribution in [1.29, 1.82) is 0 Å². The molecule has 1 aliphatic heterocycles. The van der Waals surface area contributed by atoms with Crippen molar-refractivity contribution in [1.82, 2.24) is 15.1 Å². The van der Waals surface area contributed by atoms with Crippen LogP contribution < -0.4 is 4.74 Å². The Kier molecular flexibility index (Phi) is 4.22. The third-order valence-corrected chi connectivity index (χ3v) is 4.35. The van der Waals surface area contributed by atoms with Gasteiger partial charge in [0.05, 0.1) is 6.20 Å². The van der Waals surface area contributed by atoms with E-state index in [1.165, 1.54) is 6.42 Å². The summed E-state index contributed by atoms with van der Waals surface area (Å²) in [4.78, 5) is 14.4. The first-order valence-electron chi connectivity index (χ1n) is 7.81. The third-order valence-electron chi connectivity index (χ3n) is 4.35. The minimum atomic E-state index is 0.0113. The van der Waals surface area contributed by atoms with Gasteiger partial charge in [0.15, 0.2) is 6.61 Å². The average Bonchev–Trinajstić information content (AvgIpc) is 2.52. The summed E-state index contributed by atoms with van der Waals surface area (Å²) in [6.45, 7) is 4.22. The summed E-state index contributed by atoms with van der Waals surface area (Å²) >= 11 is 0. The van der Waals surface area contributed by atoms with Crippen molar-refractivity contribution in [3.8, 4) is 5.88 Å². The fourth-order valence-corrected chi connectivity index (χ4v) is 3.23. The topological polar surface area (TPSA) is 55.3 Å². The minimum Gasteiger partial charge on any atom is -0.466 e. The van der Waals surface area contributed by atoms with Gasteiger partial charge in [-0.1, -0.05) is 18.2 Å². The van der Waals surface area contributed by atoms with Crippen LogP contribution in [0.15, 0.2) is 30.5 Å². The fraction of sp³-hybridized carbons (Fsp3) is 0.471. The highest BCUT2D eigenvalue weighted by atomic mass is 16.5. The molecule has 0 unspecified atom stereocenters. The van der Waals surface area contributed by atoms with Crippen LogP contribution in [-0.2, 0) is 4.79 Å². The molecule has 1 saturated heterocycles. The smallest absolute Gasteiger partial charge is 0.261 e. The molecular weight excluding hydrogens is 278 g/mol. The van der Waals surface area contributed by atoms with Crippen LogP contribution in [0.5, 0.6) is 5.88 Å². The van der Waals surface area contributed by atoms with E-state index < -0.39 is 0 Å². The van der Waals surface area contributed by atoms with Crippen molar-refractivity contribution in [2.45, 2.75) is 45.2 Å². The summed E-state index contributed by atoms with van der Waals surface area (Å²) in [5.41, 5.74) is 0. The summed E-state index contributed by atoms with van der Waals surface area (Å²) in [5, 5.41) is 9.79. The second-order valence-electron chi connectivity index (χ2n) is 5.96. The van der Waals surface area contributed by atoms with E-state index in [2.05, 4.69) is 24.0 Å². The summed E-state index contributed by atoms with van der Waals surface area (Å²) in [5.74, 6) is 0.443. The molecule has 0 spiro atoms. The predicted molar refractivity (Wildman–Crippen MR) is 84.7 cm³/mol. The van der Waals surface area contributed by atoms with Crippen molar-refractivity contribution in [3.05, 3.63) is 30.5 Å². The third kappa shape index (κ3) is 2.89. The molecule has 22 heavy (non-hydrogen) atoms. The summed E-state index contributed by atoms with van der Waals surface area (Å²) in [7, 11) is 0. The second-order valence-corrected chi connectivity index (χ2v) is 5.96. The lowest BCUT2D eigenvalue weighted by atomic mass is 9.97. The van der Waals surface area contributed by atoms with Crippen LogP contribution in [0.1, 0.15) is 33.1 Å². The average molecular weight is 299 g/mol. The standard InChI is InChI=1S/C17H21N3O2/c1-12-6-5-7-13(2)20(12)16(21)11-22-17-15-9-4-3-8-14(15)10-18-19-17/h3-4,8-10,12-13H,5-7,11H2,1-2H3/t12-,13-/m1/s1. The van der Waals surface area contributed by atoms with E-state index in [1.54, 1.807) is 6.20 Å². The molecule has 0 radical (unpaired) electrons. The summed E-state index contributed by atoms with van der Waals surface area (Å²) in [6, 6.07) is 8.30. The molecule has 5 heteroatoms. The number of likely N-dealkylation sites (tertiary alicyclic amines) is 1. The Morgan fingerprint density at radius 2 is 2.00 bits per heavy atom. The van der Waals surface area contributed by atoms with Gasteiger partial charge >= 0.3 is 0 Å². The molecule has 1 amide bonds. The van der Waals surface area contributed by atoms with E-state index in [0.717, 1.165) is 23.6 Å². The molecule has 5 nitrogen and oxygen atoms in total. The lowest BCUT2D eigenvalue weighted by Crippen LogP contribution is -2.49. The van der Waals surface area contributed by atoms with E-state index >= 15 is 0 Å². The van der Waals surface area contributed by atoms with E-state index in [4.69, 9.17) is 4.74 Å². The first-order valence-corrected chi connectivity index (χ1v) is 7.81. The van der Waals surface area contributed by atoms with Gasteiger partial charge in [0.1, 0.15) is 0 Å². The molecule has 0 saturated carbocycles. The zero-order valence-electron chi connectivity index (χ0n) is 13.0. The molecule has 0 aliphatic carbocycles. The van der Waals surface area contributed by atoms with Gasteiger partial charge in [0, 0.05) is 22.9 Å². The molecule has 3 rings (SSSR count). The molecule has 1 aliphatic rings. The number of aromatic nitrogens is 2. The number of hydrogen-bond donors (Lipinski definition) is 0. The van der Waals surface area contributed by atoms with Crippen LogP contribution >= 0.6 is 0 Å². The zero-order valence-corrected chi connectivity index (χ0v) is 13.0. The van der Waals surface area contributed by atoms with Crippen LogP contribution in [0.2, 0.25) is 0 Å². The molecule has 2 atom stereocenters. The SMILES string of the molecule is C[C@@H]1CCC[C@@H](C)N1C(=O)COc1nncc2ccccc12. The number of piperidine rings is 1. The summed E-state index contributed by atoms with van der Waals surface area (Å²) in [6.07, 6.45) is 4.99. The fourth-order valence-electron chi connectivity index (χ4n) is 3.23. The highest BCUT2D eigenvalue weighted by Gasteiger charge is 2.29. The number of amides is 1. The van der Waals surface area contributed by atoms with Crippen molar-refractivity contribution < 1.29 is 9.53 Å². The first-order chi connectivity index (χ1) is 10.7. The van der Waals surface area contributed by atoms with Gasteiger partial charge in [-0.25, -0.2) is 0 Å². The molecule has 1 aromatic heterocycles. The molecular formula is C17H21N3O2. The van der Waals surface area contributed by atoms with Crippen LogP contribution in [0.3, 0.4) is 0 Å². The minimum absolute atomic E-state index is 0.0113. The van der Waals surface area contributed by atoms with Crippen molar-refractivity contribution in [2.75, 3.05) is 6.61 Å². The van der Waals surface area contributed by atoms with Gasteiger partial charge in [0.25, 0.3) is 5.91 Å². The zero-order chi connectivity index (χ0) is 15.5. The highest BCUT2D eigenvalue weighted by Crippen LogP contribution is 2.24. The highest BCUT2D eigenvalue weighted by molar-refractivity contribution is 5.86. The number of benzene rings is 1. The van der Waals surface area contributed by atoms with Gasteiger partial charge in [-0.05, 0) is 39.2 Å². The quantitative estimate of drug-likeness (QED) is 0.874. The van der Waals surface area contributed by atoms with Gasteiger partial charge in [-0.3, -0.25) is 4.79 Å². The Bertz CT molecular complexity index is 659. The maximum absolute atomic E-state index is 12.5. The Morgan fingerprint density at radius 3 is 2.77 bits per heavy atom. The van der Waals surface area contributed by atoms with E-state index in [1.807, 2.05) is 29.2 Å². The lowest BCUT2D eigenvalue weighted by molar-refractivity contribution is -0.139. The predicted octanol–water partition coefficient (Wildman–Crippen LogP) is 2.80. The maximum atomic E-state index is 12.5. The molecule has 1 aromatic carbocycles. The number of carbonyl (C=O) groups is 1. The molecule has 2 aromatic rings. The van der Waals surface area contributed by atoms with E-state index in [9.17, 15) is 4.79 Å². The van der Waals surface area contributed by atoms with E-state index in [-0.39, 0.29) is 24.6 Å². The molecule has 0 bridgehead atoms.